The number of carbonyl (C=O) groups excluding carboxylic acids is 1. The van der Waals surface area contributed by atoms with Gasteiger partial charge in [-0.2, -0.15) is 0 Å². The van der Waals surface area contributed by atoms with E-state index in [-0.39, 0.29) is 5.91 Å². The van der Waals surface area contributed by atoms with E-state index in [1.54, 1.807) is 11.3 Å². The topological polar surface area (TPSA) is 54.0 Å². The number of nitrogens with zero attached hydrogens (tertiary/aromatic N) is 1. The molecule has 1 amide bonds. The zero-order valence-corrected chi connectivity index (χ0v) is 16.6. The van der Waals surface area contributed by atoms with Crippen LogP contribution < -0.4 is 10.6 Å². The van der Waals surface area contributed by atoms with Crippen molar-refractivity contribution in [2.75, 3.05) is 10.6 Å². The molecule has 140 valence electrons. The maximum absolute atomic E-state index is 11.9. The Bertz CT molecular complexity index is 869. The number of amides is 1. The molecule has 4 nitrogen and oxygen atoms in total. The fourth-order valence-corrected chi connectivity index (χ4v) is 3.45. The van der Waals surface area contributed by atoms with Gasteiger partial charge in [0, 0.05) is 28.7 Å². The molecule has 5 heteroatoms. The fourth-order valence-electron chi connectivity index (χ4n) is 2.71. The summed E-state index contributed by atoms with van der Waals surface area (Å²) in [6.45, 7) is 4.21. The first-order valence-corrected chi connectivity index (χ1v) is 10.2. The Morgan fingerprint density at radius 3 is 2.41 bits per heavy atom. The summed E-state index contributed by atoms with van der Waals surface area (Å²) in [5.41, 5.74) is 5.05. The number of hydrogen-bond acceptors (Lipinski definition) is 4. The Labute approximate surface area is 164 Å². The van der Waals surface area contributed by atoms with Gasteiger partial charge in [0.1, 0.15) is 0 Å². The van der Waals surface area contributed by atoms with Crippen LogP contribution in [-0.4, -0.2) is 10.9 Å². The molecule has 0 saturated carbocycles. The molecule has 0 saturated heterocycles. The lowest BCUT2D eigenvalue weighted by molar-refractivity contribution is -0.116. The first-order chi connectivity index (χ1) is 13.1. The zero-order chi connectivity index (χ0) is 19.1. The quantitative estimate of drug-likeness (QED) is 0.446. The van der Waals surface area contributed by atoms with E-state index in [0.717, 1.165) is 47.0 Å². The molecule has 0 bridgehead atoms. The maximum Gasteiger partial charge on any atom is 0.224 e. The summed E-state index contributed by atoms with van der Waals surface area (Å²) in [5, 5.41) is 9.19. The van der Waals surface area contributed by atoms with Crippen molar-refractivity contribution < 1.29 is 4.79 Å². The Morgan fingerprint density at radius 1 is 1.00 bits per heavy atom. The zero-order valence-electron chi connectivity index (χ0n) is 15.8. The monoisotopic (exact) mass is 379 g/mol. The number of rotatable bonds is 8. The van der Waals surface area contributed by atoms with E-state index >= 15 is 0 Å². The number of aryl methyl sites for hydroxylation is 1. The van der Waals surface area contributed by atoms with Crippen LogP contribution in [0.3, 0.4) is 0 Å². The second kappa shape index (κ2) is 9.33. The van der Waals surface area contributed by atoms with E-state index < -0.39 is 0 Å². The van der Waals surface area contributed by atoms with E-state index in [9.17, 15) is 4.79 Å². The van der Waals surface area contributed by atoms with Crippen LogP contribution in [0.2, 0.25) is 0 Å². The molecule has 0 aliphatic carbocycles. The van der Waals surface area contributed by atoms with Gasteiger partial charge in [-0.05, 0) is 37.6 Å². The third-order valence-electron chi connectivity index (χ3n) is 4.28. The third kappa shape index (κ3) is 5.66. The van der Waals surface area contributed by atoms with Gasteiger partial charge in [-0.1, -0.05) is 49.6 Å². The molecule has 27 heavy (non-hydrogen) atoms. The van der Waals surface area contributed by atoms with Crippen molar-refractivity contribution in [2.45, 2.75) is 39.5 Å². The summed E-state index contributed by atoms with van der Waals surface area (Å²) < 4.78 is 0. The number of benzene rings is 2. The van der Waals surface area contributed by atoms with Crippen LogP contribution in [-0.2, 0) is 4.79 Å². The Balaban J connectivity index is 1.59. The predicted molar refractivity (Wildman–Crippen MR) is 115 cm³/mol. The second-order valence-electron chi connectivity index (χ2n) is 6.61. The van der Waals surface area contributed by atoms with Crippen LogP contribution >= 0.6 is 11.3 Å². The van der Waals surface area contributed by atoms with E-state index in [0.29, 0.717) is 6.42 Å². The molecule has 3 rings (SSSR count). The van der Waals surface area contributed by atoms with E-state index in [1.165, 1.54) is 5.56 Å². The molecular weight excluding hydrogens is 354 g/mol. The van der Waals surface area contributed by atoms with Crippen molar-refractivity contribution >= 4 is 33.8 Å². The van der Waals surface area contributed by atoms with Gasteiger partial charge in [-0.15, -0.1) is 11.3 Å². The molecule has 0 fully saturated rings. The minimum atomic E-state index is 0.0782. The van der Waals surface area contributed by atoms with Crippen molar-refractivity contribution in [3.8, 4) is 11.3 Å². The van der Waals surface area contributed by atoms with Gasteiger partial charge in [-0.3, -0.25) is 4.79 Å². The normalized spacial score (nSPS) is 10.6. The van der Waals surface area contributed by atoms with Crippen molar-refractivity contribution in [3.05, 3.63) is 59.5 Å². The van der Waals surface area contributed by atoms with Gasteiger partial charge in [0.2, 0.25) is 5.91 Å². The maximum atomic E-state index is 11.9. The molecule has 0 unspecified atom stereocenters. The van der Waals surface area contributed by atoms with Crippen molar-refractivity contribution in [2.24, 2.45) is 0 Å². The lowest BCUT2D eigenvalue weighted by Crippen LogP contribution is -2.10. The van der Waals surface area contributed by atoms with Gasteiger partial charge in [0.05, 0.1) is 5.69 Å². The molecule has 2 aromatic carbocycles. The van der Waals surface area contributed by atoms with Crippen LogP contribution in [0.4, 0.5) is 16.5 Å². The lowest BCUT2D eigenvalue weighted by atomic mass is 10.1. The fraction of sp³-hybridized carbons (Fsp3) is 0.273. The van der Waals surface area contributed by atoms with Crippen LogP contribution in [0.15, 0.2) is 53.9 Å². The summed E-state index contributed by atoms with van der Waals surface area (Å²) >= 11 is 1.58. The minimum Gasteiger partial charge on any atom is -0.332 e. The van der Waals surface area contributed by atoms with E-state index in [4.69, 9.17) is 0 Å². The van der Waals surface area contributed by atoms with Crippen LogP contribution in [0.5, 0.6) is 0 Å². The number of carbonyl (C=O) groups is 1. The van der Waals surface area contributed by atoms with Crippen molar-refractivity contribution in [1.82, 2.24) is 4.98 Å². The Kier molecular flexibility index (Phi) is 6.60. The van der Waals surface area contributed by atoms with E-state index in [2.05, 4.69) is 41.6 Å². The Morgan fingerprint density at radius 2 is 1.70 bits per heavy atom. The predicted octanol–water partition coefficient (Wildman–Crippen LogP) is 6.38. The highest BCUT2D eigenvalue weighted by Crippen LogP contribution is 2.28. The van der Waals surface area contributed by atoms with Crippen LogP contribution in [0.1, 0.15) is 38.2 Å². The molecule has 0 aliphatic rings. The molecule has 1 heterocycles. The highest BCUT2D eigenvalue weighted by atomic mass is 32.1. The average Bonchev–Trinajstić information content (AvgIpc) is 3.13. The molecule has 1 aromatic heterocycles. The number of anilines is 3. The molecule has 0 spiro atoms. The number of aromatic nitrogens is 1. The second-order valence-corrected chi connectivity index (χ2v) is 7.47. The van der Waals surface area contributed by atoms with Gasteiger partial charge in [-0.25, -0.2) is 4.98 Å². The SMILES string of the molecule is CCCCCC(=O)Nc1ccc(-c2csc(Nc3ccc(C)cc3)n2)cc1. The molecule has 0 radical (unpaired) electrons. The summed E-state index contributed by atoms with van der Waals surface area (Å²) in [5.74, 6) is 0.0782. The molecule has 3 aromatic rings. The van der Waals surface area contributed by atoms with Crippen molar-refractivity contribution in [1.29, 1.82) is 0 Å². The lowest BCUT2D eigenvalue weighted by Gasteiger charge is -2.06. The summed E-state index contributed by atoms with van der Waals surface area (Å²) in [6.07, 6.45) is 3.73. The average molecular weight is 380 g/mol. The number of nitrogens with one attached hydrogen (secondary N) is 2. The first kappa shape index (κ1) is 19.1. The minimum absolute atomic E-state index is 0.0782. The largest absolute Gasteiger partial charge is 0.332 e. The van der Waals surface area contributed by atoms with Crippen LogP contribution in [0.25, 0.3) is 11.3 Å². The number of thiazole rings is 1. The van der Waals surface area contributed by atoms with Gasteiger partial charge in [0.15, 0.2) is 5.13 Å². The highest BCUT2D eigenvalue weighted by molar-refractivity contribution is 7.14. The molecule has 2 N–H and O–H groups in total. The summed E-state index contributed by atoms with van der Waals surface area (Å²) in [6, 6.07) is 16.1. The molecular formula is C22H25N3OS. The number of hydrogen-bond donors (Lipinski definition) is 2. The van der Waals surface area contributed by atoms with Gasteiger partial charge >= 0.3 is 0 Å². The highest BCUT2D eigenvalue weighted by Gasteiger charge is 2.06. The summed E-state index contributed by atoms with van der Waals surface area (Å²) in [4.78, 5) is 16.6. The first-order valence-electron chi connectivity index (χ1n) is 9.33. The smallest absolute Gasteiger partial charge is 0.224 e. The van der Waals surface area contributed by atoms with Gasteiger partial charge in [0.25, 0.3) is 0 Å². The van der Waals surface area contributed by atoms with E-state index in [1.807, 2.05) is 41.8 Å². The van der Waals surface area contributed by atoms with Gasteiger partial charge < -0.3 is 10.6 Å². The van der Waals surface area contributed by atoms with Crippen LogP contribution in [0, 0.1) is 6.92 Å². The number of unbranched alkanes of at least 4 members (excludes halogenated alkanes) is 2. The third-order valence-corrected chi connectivity index (χ3v) is 5.04. The summed E-state index contributed by atoms with van der Waals surface area (Å²) in [7, 11) is 0. The van der Waals surface area contributed by atoms with Crippen molar-refractivity contribution in [3.63, 3.8) is 0 Å². The Hall–Kier alpha value is -2.66. The standard InChI is InChI=1S/C22H25N3OS/c1-3-4-5-6-21(26)23-18-13-9-17(10-14-18)20-15-27-22(25-20)24-19-11-7-16(2)8-12-19/h7-15H,3-6H2,1-2H3,(H,23,26)(H,24,25). The molecule has 0 atom stereocenters. The molecule has 0 aliphatic heterocycles.